The van der Waals surface area contributed by atoms with Crippen LogP contribution in [-0.2, 0) is 9.59 Å². The van der Waals surface area contributed by atoms with Crippen LogP contribution in [0.25, 0.3) is 6.08 Å². The lowest BCUT2D eigenvalue weighted by Gasteiger charge is -2.37. The average molecular weight is 441 g/mol. The van der Waals surface area contributed by atoms with Crippen LogP contribution >= 0.6 is 22.9 Å². The number of anilines is 1. The Morgan fingerprint density at radius 3 is 2.67 bits per heavy atom. The van der Waals surface area contributed by atoms with Crippen molar-refractivity contribution in [2.45, 2.75) is 38.4 Å². The summed E-state index contributed by atoms with van der Waals surface area (Å²) >= 11 is 7.54. The third-order valence-electron chi connectivity index (χ3n) is 6.57. The summed E-state index contributed by atoms with van der Waals surface area (Å²) in [5.74, 6) is -1.74. The van der Waals surface area contributed by atoms with Crippen molar-refractivity contribution >= 4 is 52.3 Å². The number of rotatable bonds is 4. The van der Waals surface area contributed by atoms with Gasteiger partial charge in [0.25, 0.3) is 0 Å². The largest absolute Gasteiger partial charge is 0.352 e. The van der Waals surface area contributed by atoms with E-state index in [0.717, 1.165) is 11.3 Å². The minimum Gasteiger partial charge on any atom is -0.352 e. The maximum Gasteiger partial charge on any atom is 0.236 e. The summed E-state index contributed by atoms with van der Waals surface area (Å²) in [7, 11) is 0. The molecule has 0 aliphatic carbocycles. The number of carbonyl (C=O) groups excluding carboxylic acids is 3. The molecule has 0 N–H and O–H groups in total. The molecule has 0 unspecified atom stereocenters. The first-order chi connectivity index (χ1) is 14.4. The van der Waals surface area contributed by atoms with Gasteiger partial charge in [-0.1, -0.05) is 36.7 Å². The Morgan fingerprint density at radius 2 is 1.97 bits per heavy atom. The monoisotopic (exact) mass is 440 g/mol. The fourth-order valence-corrected chi connectivity index (χ4v) is 5.93. The van der Waals surface area contributed by atoms with Gasteiger partial charge in [-0.2, -0.15) is 0 Å². The van der Waals surface area contributed by atoms with Gasteiger partial charge in [0, 0.05) is 16.8 Å². The Kier molecular flexibility index (Phi) is 4.60. The van der Waals surface area contributed by atoms with Crippen LogP contribution in [0.1, 0.15) is 35.5 Å². The third-order valence-corrected chi connectivity index (χ3v) is 7.69. The van der Waals surface area contributed by atoms with E-state index in [-0.39, 0.29) is 29.7 Å². The van der Waals surface area contributed by atoms with Gasteiger partial charge >= 0.3 is 0 Å². The Labute approximate surface area is 183 Å². The highest BCUT2D eigenvalue weighted by Gasteiger charge is 2.64. The number of hydrogen-bond acceptors (Lipinski definition) is 5. The van der Waals surface area contributed by atoms with Crippen molar-refractivity contribution in [3.63, 3.8) is 0 Å². The molecule has 1 aromatic heterocycles. The van der Waals surface area contributed by atoms with Gasteiger partial charge in [0.2, 0.25) is 11.8 Å². The zero-order chi connectivity index (χ0) is 21.2. The first kappa shape index (κ1) is 19.5. The summed E-state index contributed by atoms with van der Waals surface area (Å²) in [6.45, 7) is 3.85. The maximum absolute atomic E-state index is 13.6. The van der Waals surface area contributed by atoms with Crippen LogP contribution in [0.2, 0.25) is 5.02 Å². The van der Waals surface area contributed by atoms with Crippen molar-refractivity contribution in [1.82, 2.24) is 4.90 Å². The van der Waals surface area contributed by atoms with Gasteiger partial charge in [0.15, 0.2) is 5.78 Å². The van der Waals surface area contributed by atoms with Crippen molar-refractivity contribution in [3.05, 3.63) is 57.3 Å². The molecule has 2 aromatic rings. The number of amides is 2. The summed E-state index contributed by atoms with van der Waals surface area (Å²) < 4.78 is 0. The minimum atomic E-state index is -0.714. The second kappa shape index (κ2) is 7.06. The topological polar surface area (TPSA) is 57.7 Å². The van der Waals surface area contributed by atoms with Crippen LogP contribution < -0.4 is 4.90 Å². The van der Waals surface area contributed by atoms with E-state index in [1.807, 2.05) is 54.5 Å². The molecule has 0 spiro atoms. The Morgan fingerprint density at radius 1 is 1.20 bits per heavy atom. The number of carbonyl (C=O) groups is 3. The predicted octanol–water partition coefficient (Wildman–Crippen LogP) is 4.27. The first-order valence-electron chi connectivity index (χ1n) is 10.1. The van der Waals surface area contributed by atoms with Crippen LogP contribution in [-0.4, -0.2) is 40.6 Å². The van der Waals surface area contributed by atoms with E-state index in [9.17, 15) is 14.4 Å². The van der Waals surface area contributed by atoms with Crippen LogP contribution in [0, 0.1) is 11.8 Å². The number of Topliss-reactive ketones (excluding diaryl/α,β-unsaturated/α-hetero) is 1. The van der Waals surface area contributed by atoms with Gasteiger partial charge in [-0.15, -0.1) is 11.3 Å². The first-order valence-corrected chi connectivity index (χ1v) is 11.4. The summed E-state index contributed by atoms with van der Waals surface area (Å²) in [4.78, 5) is 44.5. The van der Waals surface area contributed by atoms with Gasteiger partial charge in [-0.3, -0.25) is 19.3 Å². The zero-order valence-corrected chi connectivity index (χ0v) is 18.2. The van der Waals surface area contributed by atoms with E-state index in [0.29, 0.717) is 16.3 Å². The standard InChI is InChI=1S/C23H21ClN2O3S/c1-3-12(2)25-22(28)18-16-8-6-13-11-14(24)7-9-15(13)26(16)20(19(18)23(25)29)21(27)17-5-4-10-30-17/h4-12,16,18-20H,3H2,1-2H3/t12-,16+,18+,19-,20+/m1/s1. The highest BCUT2D eigenvalue weighted by atomic mass is 35.5. The molecule has 0 bridgehead atoms. The zero-order valence-electron chi connectivity index (χ0n) is 16.6. The summed E-state index contributed by atoms with van der Waals surface area (Å²) in [6, 6.07) is 7.90. The van der Waals surface area contributed by atoms with Gasteiger partial charge in [0.05, 0.1) is 22.8 Å². The number of likely N-dealkylation sites (tertiary alicyclic amines) is 1. The molecule has 5 rings (SSSR count). The highest BCUT2D eigenvalue weighted by molar-refractivity contribution is 7.12. The molecular formula is C23H21ClN2O3S. The SMILES string of the molecule is CC[C@@H](C)N1C(=O)[C@@H]2[C@@H](C1=O)[C@@H]1C=Cc3cc(Cl)ccc3N1[C@@H]2C(=O)c1cccs1. The van der Waals surface area contributed by atoms with Crippen LogP contribution in [0.3, 0.4) is 0 Å². The van der Waals surface area contributed by atoms with E-state index in [2.05, 4.69) is 0 Å². The van der Waals surface area contributed by atoms with E-state index < -0.39 is 17.9 Å². The molecule has 2 fully saturated rings. The van der Waals surface area contributed by atoms with Gasteiger partial charge in [-0.25, -0.2) is 0 Å². The van der Waals surface area contributed by atoms with Gasteiger partial charge in [-0.05, 0) is 48.6 Å². The molecule has 4 heterocycles. The predicted molar refractivity (Wildman–Crippen MR) is 118 cm³/mol. The van der Waals surface area contributed by atoms with E-state index in [4.69, 9.17) is 11.6 Å². The van der Waals surface area contributed by atoms with Crippen LogP contribution in [0.5, 0.6) is 0 Å². The molecule has 30 heavy (non-hydrogen) atoms. The van der Waals surface area contributed by atoms with Crippen molar-refractivity contribution < 1.29 is 14.4 Å². The Balaban J connectivity index is 1.66. The number of nitrogens with zero attached hydrogens (tertiary/aromatic N) is 2. The second-order valence-electron chi connectivity index (χ2n) is 8.10. The quantitative estimate of drug-likeness (QED) is 0.526. The van der Waals surface area contributed by atoms with Crippen molar-refractivity contribution in [2.75, 3.05) is 4.90 Å². The number of thiophene rings is 1. The van der Waals surface area contributed by atoms with E-state index in [1.54, 1.807) is 12.1 Å². The van der Waals surface area contributed by atoms with Gasteiger partial charge in [0.1, 0.15) is 6.04 Å². The molecule has 5 atom stereocenters. The van der Waals surface area contributed by atoms with E-state index >= 15 is 0 Å². The highest BCUT2D eigenvalue weighted by Crippen LogP contribution is 2.50. The molecule has 0 saturated carbocycles. The molecule has 154 valence electrons. The van der Waals surface area contributed by atoms with Crippen LogP contribution in [0.4, 0.5) is 5.69 Å². The molecule has 3 aliphatic heterocycles. The second-order valence-corrected chi connectivity index (χ2v) is 9.49. The average Bonchev–Trinajstić information content (AvgIpc) is 3.43. The normalized spacial score (nSPS) is 27.8. The number of ketones is 1. The third kappa shape index (κ3) is 2.63. The molecule has 2 amide bonds. The molecule has 0 radical (unpaired) electrons. The lowest BCUT2D eigenvalue weighted by molar-refractivity contribution is -0.142. The molecule has 3 aliphatic rings. The lowest BCUT2D eigenvalue weighted by Crippen LogP contribution is -2.50. The Hall–Kier alpha value is -2.44. The maximum atomic E-state index is 13.6. The summed E-state index contributed by atoms with van der Waals surface area (Å²) in [6.07, 6.45) is 4.58. The minimum absolute atomic E-state index is 0.106. The number of fused-ring (bicyclic) bond motifs is 5. The van der Waals surface area contributed by atoms with E-state index in [1.165, 1.54) is 16.2 Å². The lowest BCUT2D eigenvalue weighted by atomic mass is 9.87. The summed E-state index contributed by atoms with van der Waals surface area (Å²) in [5, 5.41) is 2.46. The van der Waals surface area contributed by atoms with Crippen molar-refractivity contribution in [3.8, 4) is 0 Å². The number of benzene rings is 1. The number of halogens is 1. The molecule has 5 nitrogen and oxygen atoms in total. The number of hydrogen-bond donors (Lipinski definition) is 0. The van der Waals surface area contributed by atoms with Crippen molar-refractivity contribution in [1.29, 1.82) is 0 Å². The van der Waals surface area contributed by atoms with Crippen molar-refractivity contribution in [2.24, 2.45) is 11.8 Å². The summed E-state index contributed by atoms with van der Waals surface area (Å²) in [5.41, 5.74) is 1.73. The van der Waals surface area contributed by atoms with Crippen LogP contribution in [0.15, 0.2) is 41.8 Å². The molecule has 7 heteroatoms. The smallest absolute Gasteiger partial charge is 0.236 e. The fourth-order valence-electron chi connectivity index (χ4n) is 5.05. The Bertz CT molecular complexity index is 1080. The molecular weight excluding hydrogens is 420 g/mol. The molecule has 2 saturated heterocycles. The number of imide groups is 1. The van der Waals surface area contributed by atoms with Gasteiger partial charge < -0.3 is 4.90 Å². The molecule has 1 aromatic carbocycles. The fraction of sp³-hybridized carbons (Fsp3) is 0.348.